The van der Waals surface area contributed by atoms with Gasteiger partial charge in [0.1, 0.15) is 16.5 Å². The van der Waals surface area contributed by atoms with Gasteiger partial charge in [-0.2, -0.15) is 5.10 Å². The summed E-state index contributed by atoms with van der Waals surface area (Å²) in [5, 5.41) is 8.21. The number of anilines is 1. The average Bonchev–Trinajstić information content (AvgIpc) is 3.04. The van der Waals surface area contributed by atoms with E-state index >= 15 is 0 Å². The van der Waals surface area contributed by atoms with Crippen LogP contribution in [0.3, 0.4) is 0 Å². The number of nitrogens with zero attached hydrogens (tertiary/aromatic N) is 4. The molecule has 0 atom stereocenters. The second-order valence-corrected chi connectivity index (χ2v) is 6.37. The van der Waals surface area contributed by atoms with Crippen LogP contribution in [0.2, 0.25) is 0 Å². The normalized spacial score (nSPS) is 11.2. The Morgan fingerprint density at radius 1 is 1.29 bits per heavy atom. The summed E-state index contributed by atoms with van der Waals surface area (Å²) in [5.74, 6) is 1.81. The predicted molar refractivity (Wildman–Crippen MR) is 87.0 cm³/mol. The molecule has 0 saturated heterocycles. The van der Waals surface area contributed by atoms with E-state index in [0.717, 1.165) is 40.5 Å². The van der Waals surface area contributed by atoms with E-state index in [9.17, 15) is 0 Å². The molecule has 0 radical (unpaired) electrons. The Morgan fingerprint density at radius 3 is 2.76 bits per heavy atom. The van der Waals surface area contributed by atoms with Crippen LogP contribution in [-0.2, 0) is 13.0 Å². The Kier molecular flexibility index (Phi) is 3.63. The van der Waals surface area contributed by atoms with Gasteiger partial charge >= 0.3 is 0 Å². The minimum Gasteiger partial charge on any atom is -0.355 e. The molecule has 0 spiro atoms. The first-order valence-corrected chi connectivity index (χ1v) is 7.87. The molecule has 0 saturated carbocycles. The maximum atomic E-state index is 4.65. The van der Waals surface area contributed by atoms with Crippen molar-refractivity contribution >= 4 is 27.4 Å². The van der Waals surface area contributed by atoms with Crippen molar-refractivity contribution in [1.82, 2.24) is 20.2 Å². The maximum Gasteiger partial charge on any atom is 0.141 e. The monoisotopic (exact) mass is 301 g/mol. The Hall–Kier alpha value is -1.95. The van der Waals surface area contributed by atoms with Crippen LogP contribution in [0.1, 0.15) is 28.9 Å². The average molecular weight is 301 g/mol. The summed E-state index contributed by atoms with van der Waals surface area (Å²) in [7, 11) is 2.07. The van der Waals surface area contributed by atoms with E-state index in [0.29, 0.717) is 0 Å². The molecule has 21 heavy (non-hydrogen) atoms. The van der Waals surface area contributed by atoms with Crippen LogP contribution in [0.25, 0.3) is 10.2 Å². The standard InChI is InChI=1S/C15H19N5S/c1-5-12-6-13-14(17-10(3)18-15(13)21-12)20(4)8-11-7-16-19-9(11)2/h6-7H,5,8H2,1-4H3,(H,16,19). The highest BCUT2D eigenvalue weighted by atomic mass is 32.1. The van der Waals surface area contributed by atoms with Crippen LogP contribution >= 0.6 is 11.3 Å². The minimum absolute atomic E-state index is 0.783. The molecule has 3 rings (SSSR count). The lowest BCUT2D eigenvalue weighted by Gasteiger charge is -2.19. The number of nitrogens with one attached hydrogen (secondary N) is 1. The molecule has 0 unspecified atom stereocenters. The number of fused-ring (bicyclic) bond motifs is 1. The molecular weight excluding hydrogens is 282 g/mol. The Morgan fingerprint density at radius 2 is 2.10 bits per heavy atom. The smallest absolute Gasteiger partial charge is 0.141 e. The van der Waals surface area contributed by atoms with E-state index < -0.39 is 0 Å². The first kappa shape index (κ1) is 14.0. The third-order valence-electron chi connectivity index (χ3n) is 3.59. The van der Waals surface area contributed by atoms with Crippen LogP contribution in [0.4, 0.5) is 5.82 Å². The Labute approximate surface area is 128 Å². The molecule has 6 heteroatoms. The molecule has 0 bridgehead atoms. The molecule has 3 aromatic heterocycles. The van der Waals surface area contributed by atoms with Crippen LogP contribution in [0.15, 0.2) is 12.3 Å². The Balaban J connectivity index is 2.02. The number of rotatable bonds is 4. The van der Waals surface area contributed by atoms with Gasteiger partial charge in [0.05, 0.1) is 11.6 Å². The first-order chi connectivity index (χ1) is 10.1. The van der Waals surface area contributed by atoms with E-state index in [1.54, 1.807) is 11.3 Å². The number of H-pyrrole nitrogens is 1. The van der Waals surface area contributed by atoms with E-state index in [-0.39, 0.29) is 0 Å². The lowest BCUT2D eigenvalue weighted by molar-refractivity contribution is 0.885. The van der Waals surface area contributed by atoms with E-state index in [1.807, 2.05) is 20.0 Å². The van der Waals surface area contributed by atoms with Gasteiger partial charge < -0.3 is 4.90 Å². The summed E-state index contributed by atoms with van der Waals surface area (Å²) in [4.78, 5) is 13.8. The van der Waals surface area contributed by atoms with E-state index in [1.165, 1.54) is 10.4 Å². The number of aryl methyl sites for hydroxylation is 3. The van der Waals surface area contributed by atoms with E-state index in [2.05, 4.69) is 45.1 Å². The number of hydrogen-bond acceptors (Lipinski definition) is 5. The van der Waals surface area contributed by atoms with Gasteiger partial charge in [-0.3, -0.25) is 5.10 Å². The summed E-state index contributed by atoms with van der Waals surface area (Å²) < 4.78 is 0. The second-order valence-electron chi connectivity index (χ2n) is 5.26. The highest BCUT2D eigenvalue weighted by Crippen LogP contribution is 2.31. The van der Waals surface area contributed by atoms with Gasteiger partial charge in [0.2, 0.25) is 0 Å². The van der Waals surface area contributed by atoms with Crippen molar-refractivity contribution in [2.75, 3.05) is 11.9 Å². The Bertz CT molecular complexity index is 774. The van der Waals surface area contributed by atoms with Crippen molar-refractivity contribution in [3.63, 3.8) is 0 Å². The van der Waals surface area contributed by atoms with Crippen molar-refractivity contribution in [3.8, 4) is 0 Å². The summed E-state index contributed by atoms with van der Waals surface area (Å²) >= 11 is 1.76. The fraction of sp³-hybridized carbons (Fsp3) is 0.400. The molecule has 3 heterocycles. The summed E-state index contributed by atoms with van der Waals surface area (Å²) in [6.45, 7) is 6.94. The van der Waals surface area contributed by atoms with Gasteiger partial charge in [0.15, 0.2) is 0 Å². The summed E-state index contributed by atoms with van der Waals surface area (Å²) in [5.41, 5.74) is 2.29. The SMILES string of the molecule is CCc1cc2c(N(C)Cc3cn[nH]c3C)nc(C)nc2s1. The van der Waals surface area contributed by atoms with Crippen molar-refractivity contribution < 1.29 is 0 Å². The molecule has 0 aliphatic heterocycles. The van der Waals surface area contributed by atoms with Gasteiger partial charge in [-0.15, -0.1) is 11.3 Å². The zero-order chi connectivity index (χ0) is 15.0. The van der Waals surface area contributed by atoms with Crippen molar-refractivity contribution in [2.45, 2.75) is 33.7 Å². The van der Waals surface area contributed by atoms with Gasteiger partial charge in [-0.25, -0.2) is 9.97 Å². The fourth-order valence-electron chi connectivity index (χ4n) is 2.39. The molecule has 3 aromatic rings. The van der Waals surface area contributed by atoms with Crippen molar-refractivity contribution in [3.05, 3.63) is 34.2 Å². The highest BCUT2D eigenvalue weighted by Gasteiger charge is 2.14. The first-order valence-electron chi connectivity index (χ1n) is 7.05. The second kappa shape index (κ2) is 5.44. The lowest BCUT2D eigenvalue weighted by atomic mass is 10.2. The lowest BCUT2D eigenvalue weighted by Crippen LogP contribution is -2.18. The number of thiophene rings is 1. The van der Waals surface area contributed by atoms with Crippen molar-refractivity contribution in [2.24, 2.45) is 0 Å². The molecule has 110 valence electrons. The molecular formula is C15H19N5S. The van der Waals surface area contributed by atoms with Crippen LogP contribution in [-0.4, -0.2) is 27.2 Å². The van der Waals surface area contributed by atoms with Crippen molar-refractivity contribution in [1.29, 1.82) is 0 Å². The highest BCUT2D eigenvalue weighted by molar-refractivity contribution is 7.18. The quantitative estimate of drug-likeness (QED) is 0.804. The molecule has 1 N–H and O–H groups in total. The van der Waals surface area contributed by atoms with Gasteiger partial charge in [-0.05, 0) is 26.3 Å². The van der Waals surface area contributed by atoms with E-state index in [4.69, 9.17) is 0 Å². The molecule has 0 fully saturated rings. The van der Waals surface area contributed by atoms with Crippen LogP contribution in [0, 0.1) is 13.8 Å². The zero-order valence-electron chi connectivity index (χ0n) is 12.8. The molecule has 0 aliphatic carbocycles. The third-order valence-corrected chi connectivity index (χ3v) is 4.76. The predicted octanol–water partition coefficient (Wildman–Crippen LogP) is 3.23. The largest absolute Gasteiger partial charge is 0.355 e. The van der Waals surface area contributed by atoms with Gasteiger partial charge in [0, 0.05) is 29.7 Å². The zero-order valence-corrected chi connectivity index (χ0v) is 13.6. The topological polar surface area (TPSA) is 57.7 Å². The third kappa shape index (κ3) is 2.63. The molecule has 0 amide bonds. The molecule has 0 aliphatic rings. The number of hydrogen-bond donors (Lipinski definition) is 1. The molecule has 5 nitrogen and oxygen atoms in total. The molecule has 0 aromatic carbocycles. The summed E-state index contributed by atoms with van der Waals surface area (Å²) in [6.07, 6.45) is 2.91. The minimum atomic E-state index is 0.783. The van der Waals surface area contributed by atoms with Crippen LogP contribution < -0.4 is 4.90 Å². The maximum absolute atomic E-state index is 4.65. The summed E-state index contributed by atoms with van der Waals surface area (Å²) in [6, 6.07) is 2.22. The van der Waals surface area contributed by atoms with Gasteiger partial charge in [-0.1, -0.05) is 6.92 Å². The number of aromatic nitrogens is 4. The van der Waals surface area contributed by atoms with Crippen LogP contribution in [0.5, 0.6) is 0 Å². The number of aromatic amines is 1. The fourth-order valence-corrected chi connectivity index (χ4v) is 3.40. The van der Waals surface area contributed by atoms with Gasteiger partial charge in [0.25, 0.3) is 0 Å².